The van der Waals surface area contributed by atoms with Gasteiger partial charge in [-0.15, -0.1) is 11.3 Å². The lowest BCUT2D eigenvalue weighted by atomic mass is 9.67. The first-order chi connectivity index (χ1) is 48.7. The number of nitriles is 2. The minimum atomic E-state index is -0.875. The highest BCUT2D eigenvalue weighted by Gasteiger charge is 2.49. The molecule has 2 aromatic heterocycles. The highest BCUT2D eigenvalue weighted by molar-refractivity contribution is 7.21. The molecule has 8 nitrogen and oxygen atoms in total. The molecule has 15 aromatic rings. The zero-order chi connectivity index (χ0) is 66.9. The van der Waals surface area contributed by atoms with E-state index in [0.717, 1.165) is 143 Å². The Bertz CT molecular complexity index is 5790. The number of ether oxygens (including phenoxy) is 4. The van der Waals surface area contributed by atoms with Crippen LogP contribution in [-0.2, 0) is 10.8 Å². The number of nitrogens with zero attached hydrogens (tertiary/aromatic N) is 4. The van der Waals surface area contributed by atoms with Crippen LogP contribution in [-0.4, -0.2) is 9.97 Å². The normalized spacial score (nSPS) is 12.7. The summed E-state index contributed by atoms with van der Waals surface area (Å²) in [5, 5.41) is 24.0. The maximum absolute atomic E-state index is 10.4. The molecule has 2 aliphatic rings. The van der Waals surface area contributed by atoms with Crippen molar-refractivity contribution in [2.75, 3.05) is 0 Å². The number of fused-ring (bicyclic) bond motifs is 13. The Balaban J connectivity index is 0.943. The van der Waals surface area contributed by atoms with Crippen LogP contribution in [0, 0.1) is 22.7 Å². The molecule has 2 heterocycles. The lowest BCUT2D eigenvalue weighted by Crippen LogP contribution is -2.28. The highest BCUT2D eigenvalue weighted by atomic mass is 32.1. The summed E-state index contributed by atoms with van der Waals surface area (Å²) in [6, 6.07) is 96.5. The molecule has 0 spiro atoms. The first-order valence-corrected chi connectivity index (χ1v) is 33.3. The van der Waals surface area contributed by atoms with Gasteiger partial charge in [-0.1, -0.05) is 208 Å². The van der Waals surface area contributed by atoms with Crippen LogP contribution < -0.4 is 18.9 Å². The number of hydrogen-bond donors (Lipinski definition) is 0. The van der Waals surface area contributed by atoms with Crippen molar-refractivity contribution >= 4 is 67.1 Å². The van der Waals surface area contributed by atoms with Crippen LogP contribution in [0.2, 0.25) is 0 Å². The van der Waals surface area contributed by atoms with Gasteiger partial charge in [0.25, 0.3) is 0 Å². The molecule has 13 aromatic carbocycles. The predicted molar refractivity (Wildman–Crippen MR) is 400 cm³/mol. The lowest BCUT2D eigenvalue weighted by molar-refractivity contribution is 0.481. The zero-order valence-electron chi connectivity index (χ0n) is 53.4. The van der Waals surface area contributed by atoms with Crippen LogP contribution in [0.5, 0.6) is 34.5 Å². The molecule has 0 atom stereocenters. The van der Waals surface area contributed by atoms with Crippen molar-refractivity contribution in [2.45, 2.75) is 10.8 Å². The zero-order valence-corrected chi connectivity index (χ0v) is 54.2. The van der Waals surface area contributed by atoms with Crippen LogP contribution in [0.3, 0.4) is 0 Å². The minimum Gasteiger partial charge on any atom is -0.466 e. The quantitative estimate of drug-likeness (QED) is 0.0695. The summed E-state index contributed by atoms with van der Waals surface area (Å²) in [7, 11) is 0. The third-order valence-corrected chi connectivity index (χ3v) is 20.8. The van der Waals surface area contributed by atoms with Crippen molar-refractivity contribution in [3.63, 3.8) is 0 Å². The summed E-state index contributed by atoms with van der Waals surface area (Å²) in [6.07, 6.45) is 6.53. The average molecular weight is 1290 g/mol. The maximum Gasteiger partial charge on any atom is 0.127 e. The van der Waals surface area contributed by atoms with Crippen LogP contribution in [0.15, 0.2) is 306 Å². The van der Waals surface area contributed by atoms with Gasteiger partial charge in [0.15, 0.2) is 0 Å². The second-order valence-electron chi connectivity index (χ2n) is 24.6. The SMILES string of the molecule is C=COc1ccc(C2(c3ccc(OC=C)cc3)c3ccccc3-c3c(-c4sc(-c5cccc6c5-c5ccccc5C6(c5ccc(Oc6ccc(C=C)cc6)cc5)c5ccc(Oc6ccc(C=C)cc6)cc5)c5nc6c7ccc(C#N)cc7c7cc(C#N)ccc7c6nc45)cccc32)cc1. The number of thiophene rings is 1. The molecule has 2 aliphatic carbocycles. The number of rotatable bonds is 16. The molecule has 17 rings (SSSR count). The monoisotopic (exact) mass is 1290 g/mol. The van der Waals surface area contributed by atoms with Gasteiger partial charge in [0, 0.05) is 21.9 Å². The van der Waals surface area contributed by atoms with Crippen molar-refractivity contribution in [3.8, 4) is 89.8 Å². The molecule has 0 N–H and O–H groups in total. The summed E-state index contributed by atoms with van der Waals surface area (Å²) < 4.78 is 24.8. The van der Waals surface area contributed by atoms with Crippen molar-refractivity contribution in [1.82, 2.24) is 9.97 Å². The average Bonchev–Trinajstić information content (AvgIpc) is 1.54. The summed E-state index contributed by atoms with van der Waals surface area (Å²) in [6.45, 7) is 15.6. The molecule has 466 valence electrons. The van der Waals surface area contributed by atoms with E-state index in [1.807, 2.05) is 121 Å². The second-order valence-corrected chi connectivity index (χ2v) is 25.6. The van der Waals surface area contributed by atoms with Gasteiger partial charge < -0.3 is 18.9 Å². The van der Waals surface area contributed by atoms with Crippen molar-refractivity contribution in [2.24, 2.45) is 0 Å². The molecule has 99 heavy (non-hydrogen) atoms. The van der Waals surface area contributed by atoms with Crippen molar-refractivity contribution < 1.29 is 18.9 Å². The summed E-state index contributed by atoms with van der Waals surface area (Å²) >= 11 is 1.70. The third kappa shape index (κ3) is 9.40. The van der Waals surface area contributed by atoms with E-state index in [9.17, 15) is 10.5 Å². The predicted octanol–water partition coefficient (Wildman–Crippen LogP) is 22.9. The first-order valence-electron chi connectivity index (χ1n) is 32.5. The fourth-order valence-electron chi connectivity index (χ4n) is 15.3. The van der Waals surface area contributed by atoms with E-state index < -0.39 is 10.8 Å². The van der Waals surface area contributed by atoms with Gasteiger partial charge in [-0.05, 0) is 186 Å². The molecule has 0 amide bonds. The Morgan fingerprint density at radius 3 is 1.02 bits per heavy atom. The van der Waals surface area contributed by atoms with E-state index in [1.165, 1.54) is 12.5 Å². The second kappa shape index (κ2) is 23.9. The van der Waals surface area contributed by atoms with E-state index in [4.69, 9.17) is 28.9 Å². The molecular formula is C90H56N4O4S. The largest absolute Gasteiger partial charge is 0.466 e. The number of hydrogen-bond acceptors (Lipinski definition) is 9. The Morgan fingerprint density at radius 2 is 0.667 bits per heavy atom. The topological polar surface area (TPSA) is 110 Å². The van der Waals surface area contributed by atoms with E-state index in [-0.39, 0.29) is 0 Å². The molecule has 9 heteroatoms. The number of aromatic nitrogens is 2. The molecule has 0 bridgehead atoms. The Hall–Kier alpha value is -13.2. The lowest BCUT2D eigenvalue weighted by Gasteiger charge is -2.34. The Kier molecular flexibility index (Phi) is 14.4. The van der Waals surface area contributed by atoms with Crippen LogP contribution >= 0.6 is 11.3 Å². The van der Waals surface area contributed by atoms with Crippen LogP contribution in [0.1, 0.15) is 66.8 Å². The smallest absolute Gasteiger partial charge is 0.127 e. The van der Waals surface area contributed by atoms with Gasteiger partial charge in [-0.3, -0.25) is 0 Å². The van der Waals surface area contributed by atoms with Crippen LogP contribution in [0.4, 0.5) is 0 Å². The molecule has 0 saturated heterocycles. The fourth-order valence-corrected chi connectivity index (χ4v) is 16.6. The molecular weight excluding hydrogens is 1230 g/mol. The van der Waals surface area contributed by atoms with E-state index in [2.05, 4.69) is 196 Å². The highest BCUT2D eigenvalue weighted by Crippen LogP contribution is 2.63. The van der Waals surface area contributed by atoms with Crippen molar-refractivity contribution in [3.05, 3.63) is 373 Å². The Labute approximate surface area is 576 Å². The van der Waals surface area contributed by atoms with Gasteiger partial charge in [0.2, 0.25) is 0 Å². The summed E-state index contributed by atoms with van der Waals surface area (Å²) in [4.78, 5) is 13.8. The molecule has 0 radical (unpaired) electrons. The number of benzene rings is 13. The van der Waals surface area contributed by atoms with Crippen molar-refractivity contribution in [1.29, 1.82) is 10.5 Å². The van der Waals surface area contributed by atoms with Gasteiger partial charge in [-0.2, -0.15) is 10.5 Å². The van der Waals surface area contributed by atoms with E-state index in [1.54, 1.807) is 11.3 Å². The van der Waals surface area contributed by atoms with Gasteiger partial charge in [-0.25, -0.2) is 9.97 Å². The first kappa shape index (κ1) is 59.6. The molecule has 0 fully saturated rings. The fraction of sp³-hybridized carbons (Fsp3) is 0.0222. The molecule has 0 aliphatic heterocycles. The Morgan fingerprint density at radius 1 is 0.333 bits per heavy atom. The molecule has 0 unspecified atom stereocenters. The van der Waals surface area contributed by atoms with E-state index >= 15 is 0 Å². The van der Waals surface area contributed by atoms with Crippen LogP contribution in [0.25, 0.3) is 98.9 Å². The summed E-state index contributed by atoms with van der Waals surface area (Å²) in [5.41, 5.74) is 18.9. The third-order valence-electron chi connectivity index (χ3n) is 19.5. The minimum absolute atomic E-state index is 0.498. The van der Waals surface area contributed by atoms with Gasteiger partial charge in [0.1, 0.15) is 45.5 Å². The van der Waals surface area contributed by atoms with Gasteiger partial charge in [0.05, 0.1) is 67.4 Å². The molecule has 0 saturated carbocycles. The van der Waals surface area contributed by atoms with Gasteiger partial charge >= 0.3 is 0 Å². The van der Waals surface area contributed by atoms with E-state index in [0.29, 0.717) is 45.2 Å². The standard InChI is InChI=1S/C90H56N4O4S/c1-5-55-23-37-65(38-24-55)97-67-45-33-61(34-46-67)90(62-35-47-68(48-36-62)98-66-39-25-56(6-2)26-40-66)78-20-12-10-16-72(78)82-74(18-14-22-80(82)90)88-86-85(93-83-69-49-27-57(53-91)51-75(69)76-52-58(54-92)28-50-70(76)84(83)94-86)87(99-88)73-17-13-21-79-81(73)71-15-9-11-19-77(71)89(79,59-29-41-63(42-30-59)95-7-3)60-31-43-64(44-32-60)96-8-4/h5-52H,1-4H2. The summed E-state index contributed by atoms with van der Waals surface area (Å²) in [5.74, 6) is 4.18. The maximum atomic E-state index is 10.4.